The van der Waals surface area contributed by atoms with Crippen LogP contribution in [0.15, 0.2) is 23.1 Å². The minimum Gasteiger partial charge on any atom is -0.208 e. The van der Waals surface area contributed by atoms with E-state index < -0.39 is 10.0 Å². The zero-order chi connectivity index (χ0) is 12.3. The van der Waals surface area contributed by atoms with Crippen LogP contribution in [0.5, 0.6) is 0 Å². The average Bonchev–Trinajstić information content (AvgIpc) is 2.15. The van der Waals surface area contributed by atoms with E-state index in [1.807, 2.05) is 6.92 Å². The highest BCUT2D eigenvalue weighted by Gasteiger charge is 2.17. The van der Waals surface area contributed by atoms with Crippen molar-refractivity contribution in [2.24, 2.45) is 0 Å². The standard InChI is InChI=1S/C10H13Cl2NO2S/c1-3-7(2)13-16(14,15)10-5-8(11)4-9(12)6-10/h4-7,13H,3H2,1-2H3. The Kier molecular flexibility index (Phi) is 4.62. The Hall–Kier alpha value is -0.290. The fourth-order valence-electron chi connectivity index (χ4n) is 1.10. The molecule has 1 aromatic carbocycles. The molecule has 0 saturated carbocycles. The van der Waals surface area contributed by atoms with Gasteiger partial charge in [-0.05, 0) is 31.5 Å². The zero-order valence-corrected chi connectivity index (χ0v) is 11.3. The molecule has 0 radical (unpaired) electrons. The Morgan fingerprint density at radius 1 is 1.25 bits per heavy atom. The Balaban J connectivity index is 3.07. The second kappa shape index (κ2) is 5.36. The SMILES string of the molecule is CCC(C)NS(=O)(=O)c1cc(Cl)cc(Cl)c1. The summed E-state index contributed by atoms with van der Waals surface area (Å²) in [5.74, 6) is 0. The lowest BCUT2D eigenvalue weighted by atomic mass is 10.3. The maximum Gasteiger partial charge on any atom is 0.240 e. The van der Waals surface area contributed by atoms with Gasteiger partial charge < -0.3 is 0 Å². The quantitative estimate of drug-likeness (QED) is 0.922. The number of hydrogen-bond acceptors (Lipinski definition) is 2. The van der Waals surface area contributed by atoms with Gasteiger partial charge in [-0.25, -0.2) is 13.1 Å². The number of nitrogens with one attached hydrogen (secondary N) is 1. The van der Waals surface area contributed by atoms with E-state index in [1.54, 1.807) is 6.92 Å². The number of sulfonamides is 1. The molecule has 3 nitrogen and oxygen atoms in total. The second-order valence-corrected chi connectivity index (χ2v) is 6.12. The largest absolute Gasteiger partial charge is 0.240 e. The summed E-state index contributed by atoms with van der Waals surface area (Å²) in [6, 6.07) is 4.12. The van der Waals surface area contributed by atoms with Gasteiger partial charge in [0.05, 0.1) is 4.90 Å². The molecule has 90 valence electrons. The molecule has 1 N–H and O–H groups in total. The molecule has 0 saturated heterocycles. The maximum atomic E-state index is 11.9. The summed E-state index contributed by atoms with van der Waals surface area (Å²) in [7, 11) is -3.54. The fourth-order valence-corrected chi connectivity index (χ4v) is 3.15. The Morgan fingerprint density at radius 3 is 2.19 bits per heavy atom. The number of rotatable bonds is 4. The van der Waals surface area contributed by atoms with Crippen LogP contribution in [0.1, 0.15) is 20.3 Å². The van der Waals surface area contributed by atoms with Gasteiger partial charge in [-0.15, -0.1) is 0 Å². The van der Waals surface area contributed by atoms with E-state index in [9.17, 15) is 8.42 Å². The highest BCUT2D eigenvalue weighted by molar-refractivity contribution is 7.89. The van der Waals surface area contributed by atoms with Crippen molar-refractivity contribution in [3.8, 4) is 0 Å². The van der Waals surface area contributed by atoms with Crippen LogP contribution in [-0.2, 0) is 10.0 Å². The molecule has 1 atom stereocenters. The first-order valence-electron chi connectivity index (χ1n) is 4.83. The van der Waals surface area contributed by atoms with E-state index in [2.05, 4.69) is 4.72 Å². The van der Waals surface area contributed by atoms with Crippen LogP contribution >= 0.6 is 23.2 Å². The molecule has 0 fully saturated rings. The van der Waals surface area contributed by atoms with Crippen LogP contribution in [-0.4, -0.2) is 14.5 Å². The van der Waals surface area contributed by atoms with Crippen molar-refractivity contribution in [2.75, 3.05) is 0 Å². The predicted octanol–water partition coefficient (Wildman–Crippen LogP) is 3.07. The molecule has 1 aromatic rings. The van der Waals surface area contributed by atoms with Gasteiger partial charge in [-0.2, -0.15) is 0 Å². The van der Waals surface area contributed by atoms with E-state index in [4.69, 9.17) is 23.2 Å². The number of halogens is 2. The third-order valence-electron chi connectivity index (χ3n) is 2.12. The molecule has 16 heavy (non-hydrogen) atoms. The minimum absolute atomic E-state index is 0.0882. The van der Waals surface area contributed by atoms with Crippen molar-refractivity contribution < 1.29 is 8.42 Å². The molecular weight excluding hydrogens is 269 g/mol. The van der Waals surface area contributed by atoms with Crippen LogP contribution in [0, 0.1) is 0 Å². The van der Waals surface area contributed by atoms with Gasteiger partial charge in [0.1, 0.15) is 0 Å². The van der Waals surface area contributed by atoms with Gasteiger partial charge >= 0.3 is 0 Å². The number of hydrogen-bond donors (Lipinski definition) is 1. The summed E-state index contributed by atoms with van der Waals surface area (Å²) < 4.78 is 26.3. The lowest BCUT2D eigenvalue weighted by Crippen LogP contribution is -2.31. The van der Waals surface area contributed by atoms with E-state index in [0.717, 1.165) is 0 Å². The average molecular weight is 282 g/mol. The van der Waals surface area contributed by atoms with E-state index in [1.165, 1.54) is 18.2 Å². The van der Waals surface area contributed by atoms with Gasteiger partial charge in [0, 0.05) is 16.1 Å². The van der Waals surface area contributed by atoms with Crippen molar-refractivity contribution in [2.45, 2.75) is 31.2 Å². The monoisotopic (exact) mass is 281 g/mol. The molecule has 0 aliphatic rings. The van der Waals surface area contributed by atoms with E-state index >= 15 is 0 Å². The third-order valence-corrected chi connectivity index (χ3v) is 4.12. The van der Waals surface area contributed by atoms with Crippen LogP contribution in [0.4, 0.5) is 0 Å². The zero-order valence-electron chi connectivity index (χ0n) is 9.00. The number of benzene rings is 1. The van der Waals surface area contributed by atoms with E-state index in [-0.39, 0.29) is 10.9 Å². The molecule has 0 spiro atoms. The van der Waals surface area contributed by atoms with Crippen LogP contribution in [0.2, 0.25) is 10.0 Å². The molecule has 1 rings (SSSR count). The van der Waals surface area contributed by atoms with Crippen molar-refractivity contribution >= 4 is 33.2 Å². The van der Waals surface area contributed by atoms with Gasteiger partial charge in [0.25, 0.3) is 0 Å². The first-order valence-corrected chi connectivity index (χ1v) is 7.07. The molecule has 0 bridgehead atoms. The second-order valence-electron chi connectivity index (χ2n) is 3.54. The first-order chi connectivity index (χ1) is 7.35. The Labute approximate surface area is 106 Å². The molecule has 1 unspecified atom stereocenters. The lowest BCUT2D eigenvalue weighted by Gasteiger charge is -2.12. The predicted molar refractivity (Wildman–Crippen MR) is 66.5 cm³/mol. The van der Waals surface area contributed by atoms with Gasteiger partial charge in [0.2, 0.25) is 10.0 Å². The highest BCUT2D eigenvalue weighted by atomic mass is 35.5. The van der Waals surface area contributed by atoms with Crippen molar-refractivity contribution in [3.63, 3.8) is 0 Å². The Bertz CT molecular complexity index is 453. The molecular formula is C10H13Cl2NO2S. The Morgan fingerprint density at radius 2 is 1.75 bits per heavy atom. The third kappa shape index (κ3) is 3.63. The summed E-state index contributed by atoms with van der Waals surface area (Å²) >= 11 is 11.5. The smallest absolute Gasteiger partial charge is 0.208 e. The van der Waals surface area contributed by atoms with E-state index in [0.29, 0.717) is 16.5 Å². The fraction of sp³-hybridized carbons (Fsp3) is 0.400. The molecule has 0 heterocycles. The molecule has 6 heteroatoms. The van der Waals surface area contributed by atoms with Gasteiger partial charge in [-0.1, -0.05) is 30.1 Å². The van der Waals surface area contributed by atoms with Gasteiger partial charge in [-0.3, -0.25) is 0 Å². The van der Waals surface area contributed by atoms with Crippen LogP contribution in [0.25, 0.3) is 0 Å². The first kappa shape index (κ1) is 13.8. The topological polar surface area (TPSA) is 46.2 Å². The summed E-state index contributed by atoms with van der Waals surface area (Å²) in [5.41, 5.74) is 0. The molecule has 0 amide bonds. The van der Waals surface area contributed by atoms with Crippen LogP contribution in [0.3, 0.4) is 0 Å². The minimum atomic E-state index is -3.54. The van der Waals surface area contributed by atoms with Crippen molar-refractivity contribution in [3.05, 3.63) is 28.2 Å². The maximum absolute atomic E-state index is 11.9. The van der Waals surface area contributed by atoms with Crippen molar-refractivity contribution in [1.29, 1.82) is 0 Å². The summed E-state index contributed by atoms with van der Waals surface area (Å²) in [6.07, 6.45) is 0.716. The molecule has 0 aliphatic heterocycles. The van der Waals surface area contributed by atoms with Gasteiger partial charge in [0.15, 0.2) is 0 Å². The van der Waals surface area contributed by atoms with Crippen molar-refractivity contribution in [1.82, 2.24) is 4.72 Å². The molecule has 0 aromatic heterocycles. The lowest BCUT2D eigenvalue weighted by molar-refractivity contribution is 0.556. The van der Waals surface area contributed by atoms with Crippen LogP contribution < -0.4 is 4.72 Å². The highest BCUT2D eigenvalue weighted by Crippen LogP contribution is 2.22. The summed E-state index contributed by atoms with van der Waals surface area (Å²) in [6.45, 7) is 3.70. The summed E-state index contributed by atoms with van der Waals surface area (Å²) in [5, 5.41) is 0.606. The normalized spacial score (nSPS) is 13.8. The summed E-state index contributed by atoms with van der Waals surface area (Å²) in [4.78, 5) is 0.0882. The molecule has 0 aliphatic carbocycles.